The van der Waals surface area contributed by atoms with E-state index in [9.17, 15) is 0 Å². The highest BCUT2D eigenvalue weighted by Crippen LogP contribution is 2.03. The van der Waals surface area contributed by atoms with Crippen molar-refractivity contribution in [2.45, 2.75) is 40.0 Å². The van der Waals surface area contributed by atoms with E-state index in [1.807, 2.05) is 0 Å². The van der Waals surface area contributed by atoms with Gasteiger partial charge in [-0.15, -0.1) is 0 Å². The first-order valence-electron chi connectivity index (χ1n) is 4.52. The second-order valence-electron chi connectivity index (χ2n) is 3.05. The van der Waals surface area contributed by atoms with Crippen LogP contribution in [-0.2, 0) is 0 Å². The minimum Gasteiger partial charge on any atom is -0.317 e. The third-order valence-corrected chi connectivity index (χ3v) is 1.94. The van der Waals surface area contributed by atoms with Crippen molar-refractivity contribution in [1.29, 1.82) is 0 Å². The van der Waals surface area contributed by atoms with Gasteiger partial charge >= 0.3 is 0 Å². The molecule has 1 nitrogen and oxygen atoms in total. The SMILES string of the molecule is CCCNCC[C@@H](C)CC. The summed E-state index contributed by atoms with van der Waals surface area (Å²) >= 11 is 0. The van der Waals surface area contributed by atoms with Crippen LogP contribution in [0.25, 0.3) is 0 Å². The summed E-state index contributed by atoms with van der Waals surface area (Å²) in [6.07, 6.45) is 3.89. The van der Waals surface area contributed by atoms with Crippen LogP contribution in [0.3, 0.4) is 0 Å². The smallest absolute Gasteiger partial charge is 0.00464 e. The second-order valence-corrected chi connectivity index (χ2v) is 3.05. The average molecular weight is 143 g/mol. The van der Waals surface area contributed by atoms with Crippen molar-refractivity contribution in [3.05, 3.63) is 0 Å². The third kappa shape index (κ3) is 6.09. The van der Waals surface area contributed by atoms with Crippen LogP contribution in [0.2, 0.25) is 0 Å². The monoisotopic (exact) mass is 143 g/mol. The Morgan fingerprint density at radius 3 is 2.40 bits per heavy atom. The van der Waals surface area contributed by atoms with E-state index in [1.54, 1.807) is 0 Å². The summed E-state index contributed by atoms with van der Waals surface area (Å²) in [5.41, 5.74) is 0. The standard InChI is InChI=1S/C9H21N/c1-4-7-10-8-6-9(3)5-2/h9-10H,4-8H2,1-3H3/t9-/m0/s1. The molecule has 0 aliphatic rings. The van der Waals surface area contributed by atoms with Crippen molar-refractivity contribution < 1.29 is 0 Å². The molecule has 0 aliphatic heterocycles. The molecule has 0 aromatic rings. The molecule has 0 saturated heterocycles. The minimum absolute atomic E-state index is 0.893. The fourth-order valence-corrected chi connectivity index (χ4v) is 0.854. The zero-order chi connectivity index (χ0) is 7.82. The lowest BCUT2D eigenvalue weighted by Crippen LogP contribution is -2.17. The van der Waals surface area contributed by atoms with E-state index in [0.29, 0.717) is 0 Å². The van der Waals surface area contributed by atoms with Gasteiger partial charge in [-0.3, -0.25) is 0 Å². The summed E-state index contributed by atoms with van der Waals surface area (Å²) in [4.78, 5) is 0. The molecule has 1 heteroatoms. The van der Waals surface area contributed by atoms with Crippen molar-refractivity contribution in [2.75, 3.05) is 13.1 Å². The Labute approximate surface area is 65.2 Å². The van der Waals surface area contributed by atoms with Crippen LogP contribution in [0.4, 0.5) is 0 Å². The quantitative estimate of drug-likeness (QED) is 0.563. The summed E-state index contributed by atoms with van der Waals surface area (Å²) in [5.74, 6) is 0.893. The number of hydrogen-bond acceptors (Lipinski definition) is 1. The van der Waals surface area contributed by atoms with E-state index in [0.717, 1.165) is 5.92 Å². The number of nitrogens with one attached hydrogen (secondary N) is 1. The lowest BCUT2D eigenvalue weighted by Gasteiger charge is -2.07. The molecule has 0 saturated carbocycles. The van der Waals surface area contributed by atoms with Crippen LogP contribution in [0.15, 0.2) is 0 Å². The molecule has 0 aliphatic carbocycles. The van der Waals surface area contributed by atoms with Crippen LogP contribution in [0, 0.1) is 5.92 Å². The first-order chi connectivity index (χ1) is 4.81. The van der Waals surface area contributed by atoms with Gasteiger partial charge in [0, 0.05) is 0 Å². The maximum Gasteiger partial charge on any atom is -0.00464 e. The highest BCUT2D eigenvalue weighted by molar-refractivity contribution is 4.52. The van der Waals surface area contributed by atoms with Crippen LogP contribution in [0.5, 0.6) is 0 Å². The molecule has 1 atom stereocenters. The lowest BCUT2D eigenvalue weighted by molar-refractivity contribution is 0.488. The summed E-state index contributed by atoms with van der Waals surface area (Å²) in [6.45, 7) is 9.15. The Balaban J connectivity index is 2.89. The predicted octanol–water partition coefficient (Wildman–Crippen LogP) is 2.42. The molecule has 0 spiro atoms. The first-order valence-corrected chi connectivity index (χ1v) is 4.52. The maximum atomic E-state index is 3.40. The third-order valence-electron chi connectivity index (χ3n) is 1.94. The highest BCUT2D eigenvalue weighted by atomic mass is 14.8. The van der Waals surface area contributed by atoms with Gasteiger partial charge < -0.3 is 5.32 Å². The number of rotatable bonds is 6. The van der Waals surface area contributed by atoms with E-state index in [4.69, 9.17) is 0 Å². The van der Waals surface area contributed by atoms with Gasteiger partial charge in [-0.1, -0.05) is 27.2 Å². The van der Waals surface area contributed by atoms with Crippen molar-refractivity contribution in [3.8, 4) is 0 Å². The second kappa shape index (κ2) is 7.07. The topological polar surface area (TPSA) is 12.0 Å². The molecular formula is C9H21N. The lowest BCUT2D eigenvalue weighted by atomic mass is 10.1. The van der Waals surface area contributed by atoms with Crippen LogP contribution in [-0.4, -0.2) is 13.1 Å². The Hall–Kier alpha value is -0.0400. The van der Waals surface area contributed by atoms with Gasteiger partial charge in [0.1, 0.15) is 0 Å². The molecule has 0 unspecified atom stereocenters. The Morgan fingerprint density at radius 1 is 1.20 bits per heavy atom. The Bertz CT molecular complexity index is 61.7. The van der Waals surface area contributed by atoms with Gasteiger partial charge in [0.15, 0.2) is 0 Å². The highest BCUT2D eigenvalue weighted by Gasteiger charge is 1.95. The molecular weight excluding hydrogens is 122 g/mol. The molecule has 0 aromatic carbocycles. The van der Waals surface area contributed by atoms with Crippen molar-refractivity contribution >= 4 is 0 Å². The molecule has 0 heterocycles. The van der Waals surface area contributed by atoms with Gasteiger partial charge in [0.05, 0.1) is 0 Å². The van der Waals surface area contributed by atoms with Gasteiger partial charge in [-0.05, 0) is 31.8 Å². The van der Waals surface area contributed by atoms with Crippen molar-refractivity contribution in [2.24, 2.45) is 5.92 Å². The summed E-state index contributed by atoms with van der Waals surface area (Å²) in [5, 5.41) is 3.40. The van der Waals surface area contributed by atoms with E-state index in [2.05, 4.69) is 26.1 Å². The van der Waals surface area contributed by atoms with Crippen LogP contribution in [0.1, 0.15) is 40.0 Å². The van der Waals surface area contributed by atoms with Gasteiger partial charge in [0.2, 0.25) is 0 Å². The normalized spacial score (nSPS) is 13.5. The summed E-state index contributed by atoms with van der Waals surface area (Å²) in [6, 6.07) is 0. The molecule has 10 heavy (non-hydrogen) atoms. The fraction of sp³-hybridized carbons (Fsp3) is 1.00. The summed E-state index contributed by atoms with van der Waals surface area (Å²) < 4.78 is 0. The van der Waals surface area contributed by atoms with E-state index >= 15 is 0 Å². The fourth-order valence-electron chi connectivity index (χ4n) is 0.854. The van der Waals surface area contributed by atoms with Crippen molar-refractivity contribution in [1.82, 2.24) is 5.32 Å². The molecule has 0 fully saturated rings. The molecule has 0 aromatic heterocycles. The molecule has 1 N–H and O–H groups in total. The van der Waals surface area contributed by atoms with Crippen molar-refractivity contribution in [3.63, 3.8) is 0 Å². The largest absolute Gasteiger partial charge is 0.317 e. The summed E-state index contributed by atoms with van der Waals surface area (Å²) in [7, 11) is 0. The molecule has 0 radical (unpaired) electrons. The Morgan fingerprint density at radius 2 is 1.90 bits per heavy atom. The van der Waals surface area contributed by atoms with Crippen LogP contribution >= 0.6 is 0 Å². The van der Waals surface area contributed by atoms with Crippen LogP contribution < -0.4 is 5.32 Å². The van der Waals surface area contributed by atoms with E-state index in [1.165, 1.54) is 32.4 Å². The molecule has 62 valence electrons. The number of hydrogen-bond donors (Lipinski definition) is 1. The van der Waals surface area contributed by atoms with E-state index < -0.39 is 0 Å². The zero-order valence-corrected chi connectivity index (χ0v) is 7.61. The molecule has 0 amide bonds. The van der Waals surface area contributed by atoms with E-state index in [-0.39, 0.29) is 0 Å². The maximum absolute atomic E-state index is 3.40. The Kier molecular flexibility index (Phi) is 7.04. The predicted molar refractivity (Wildman–Crippen MR) is 47.2 cm³/mol. The van der Waals surface area contributed by atoms with Gasteiger partial charge in [-0.2, -0.15) is 0 Å². The minimum atomic E-state index is 0.893. The molecule has 0 bridgehead atoms. The zero-order valence-electron chi connectivity index (χ0n) is 7.61. The van der Waals surface area contributed by atoms with Gasteiger partial charge in [-0.25, -0.2) is 0 Å². The molecule has 0 rings (SSSR count). The first kappa shape index (κ1) is 9.96. The average Bonchev–Trinajstić information content (AvgIpc) is 1.98. The van der Waals surface area contributed by atoms with Gasteiger partial charge in [0.25, 0.3) is 0 Å².